The maximum Gasteiger partial charge on any atom is 0.0665 e. The number of rotatable bonds is 2. The van der Waals surface area contributed by atoms with E-state index in [9.17, 15) is 5.11 Å². The minimum Gasteiger partial charge on any atom is -0.390 e. The quantitative estimate of drug-likeness (QED) is 0.839. The van der Waals surface area contributed by atoms with Crippen molar-refractivity contribution in [1.29, 1.82) is 0 Å². The molecule has 3 nitrogen and oxygen atoms in total. The second kappa shape index (κ2) is 4.88. The summed E-state index contributed by atoms with van der Waals surface area (Å²) in [4.78, 5) is 0. The zero-order chi connectivity index (χ0) is 15.0. The average molecular weight is 274 g/mol. The Hall–Kier alpha value is -1.35. The van der Waals surface area contributed by atoms with Crippen LogP contribution in [0.3, 0.4) is 0 Å². The van der Waals surface area contributed by atoms with Crippen molar-refractivity contribution >= 4 is 6.21 Å². The van der Waals surface area contributed by atoms with Gasteiger partial charge in [-0.15, -0.1) is 0 Å². The summed E-state index contributed by atoms with van der Waals surface area (Å²) in [5.41, 5.74) is 0.121. The molecule has 1 aliphatic rings. The van der Waals surface area contributed by atoms with Gasteiger partial charge in [0.05, 0.1) is 22.9 Å². The maximum absolute atomic E-state index is 10.5. The Kier molecular flexibility index (Phi) is 3.67. The van der Waals surface area contributed by atoms with Crippen molar-refractivity contribution in [3.8, 4) is 0 Å². The number of benzene rings is 1. The highest BCUT2D eigenvalue weighted by Gasteiger charge is 2.49. The fourth-order valence-corrected chi connectivity index (χ4v) is 3.87. The topological polar surface area (TPSA) is 35.8 Å². The summed E-state index contributed by atoms with van der Waals surface area (Å²) in [6.07, 6.45) is 3.34. The molecule has 1 N–H and O–H groups in total. The Bertz CT molecular complexity index is 469. The predicted octanol–water partition coefficient (Wildman–Crippen LogP) is 3.42. The summed E-state index contributed by atoms with van der Waals surface area (Å²) < 4.78 is 0. The zero-order valence-corrected chi connectivity index (χ0v) is 13.2. The van der Waals surface area contributed by atoms with Gasteiger partial charge in [0.1, 0.15) is 0 Å². The van der Waals surface area contributed by atoms with Crippen LogP contribution in [0.5, 0.6) is 0 Å². The predicted molar refractivity (Wildman–Crippen MR) is 83.9 cm³/mol. The van der Waals surface area contributed by atoms with Crippen LogP contribution in [-0.4, -0.2) is 33.0 Å². The molecule has 0 saturated carbocycles. The van der Waals surface area contributed by atoms with E-state index in [4.69, 9.17) is 5.10 Å². The lowest BCUT2D eigenvalue weighted by atomic mass is 9.73. The molecule has 0 radical (unpaired) electrons. The lowest BCUT2D eigenvalue weighted by Crippen LogP contribution is -2.62. The lowest BCUT2D eigenvalue weighted by Gasteiger charge is -2.55. The highest BCUT2D eigenvalue weighted by atomic mass is 16.3. The van der Waals surface area contributed by atoms with Gasteiger partial charge in [0.25, 0.3) is 0 Å². The molecule has 1 aromatic rings. The van der Waals surface area contributed by atoms with E-state index in [1.165, 1.54) is 0 Å². The average Bonchev–Trinajstić information content (AvgIpc) is 2.25. The third-order valence-electron chi connectivity index (χ3n) is 3.90. The van der Waals surface area contributed by atoms with Crippen LogP contribution in [0.2, 0.25) is 0 Å². The minimum atomic E-state index is -0.633. The zero-order valence-electron chi connectivity index (χ0n) is 13.2. The molecule has 0 aliphatic carbocycles. The van der Waals surface area contributed by atoms with Gasteiger partial charge in [0, 0.05) is 12.8 Å². The highest BCUT2D eigenvalue weighted by molar-refractivity contribution is 5.79. The standard InChI is InChI=1S/C17H26N2O/c1-15(2)12-17(5,20)13-16(3,4)19(15)18-11-14-9-7-6-8-10-14/h6-11,20H,12-13H2,1-5H3. The third-order valence-corrected chi connectivity index (χ3v) is 3.90. The van der Waals surface area contributed by atoms with Crippen molar-refractivity contribution in [3.05, 3.63) is 35.9 Å². The van der Waals surface area contributed by atoms with Crippen LogP contribution in [0.1, 0.15) is 53.0 Å². The van der Waals surface area contributed by atoms with Gasteiger partial charge in [-0.3, -0.25) is 5.01 Å². The molecule has 110 valence electrons. The normalized spacial score (nSPS) is 24.0. The van der Waals surface area contributed by atoms with E-state index in [-0.39, 0.29) is 11.1 Å². The third kappa shape index (κ3) is 3.21. The SMILES string of the molecule is CC1(O)CC(C)(C)N(N=Cc2ccccc2)C(C)(C)C1. The fraction of sp³-hybridized carbons (Fsp3) is 0.588. The molecule has 1 aromatic carbocycles. The molecule has 0 spiro atoms. The molecule has 1 fully saturated rings. The number of aliphatic hydroxyl groups is 1. The number of hydrogen-bond acceptors (Lipinski definition) is 3. The molecule has 1 saturated heterocycles. The van der Waals surface area contributed by atoms with E-state index in [1.807, 2.05) is 43.5 Å². The first-order valence-electron chi connectivity index (χ1n) is 7.24. The molecule has 0 aromatic heterocycles. The summed E-state index contributed by atoms with van der Waals surface area (Å²) in [5.74, 6) is 0. The largest absolute Gasteiger partial charge is 0.390 e. The van der Waals surface area contributed by atoms with E-state index in [0.717, 1.165) is 18.4 Å². The Morgan fingerprint density at radius 3 is 2.00 bits per heavy atom. The molecule has 0 atom stereocenters. The van der Waals surface area contributed by atoms with Crippen molar-refractivity contribution < 1.29 is 5.11 Å². The highest BCUT2D eigenvalue weighted by Crippen LogP contribution is 2.43. The number of hydrogen-bond donors (Lipinski definition) is 1. The van der Waals surface area contributed by atoms with Crippen LogP contribution < -0.4 is 0 Å². The van der Waals surface area contributed by atoms with Crippen molar-refractivity contribution in [3.63, 3.8) is 0 Å². The molecular weight excluding hydrogens is 248 g/mol. The molecule has 0 bridgehead atoms. The fourth-order valence-electron chi connectivity index (χ4n) is 3.87. The number of piperidine rings is 1. The Morgan fingerprint density at radius 1 is 1.00 bits per heavy atom. The Morgan fingerprint density at radius 2 is 1.50 bits per heavy atom. The molecule has 1 heterocycles. The summed E-state index contributed by atoms with van der Waals surface area (Å²) in [6, 6.07) is 10.1. The van der Waals surface area contributed by atoms with Gasteiger partial charge in [0.2, 0.25) is 0 Å². The second-order valence-corrected chi connectivity index (χ2v) is 7.44. The minimum absolute atomic E-state index is 0.170. The summed E-state index contributed by atoms with van der Waals surface area (Å²) >= 11 is 0. The van der Waals surface area contributed by atoms with Crippen LogP contribution in [0.4, 0.5) is 0 Å². The molecule has 2 rings (SSSR count). The van der Waals surface area contributed by atoms with Crippen LogP contribution in [0.25, 0.3) is 0 Å². The maximum atomic E-state index is 10.5. The van der Waals surface area contributed by atoms with Gasteiger partial charge in [-0.2, -0.15) is 5.10 Å². The monoisotopic (exact) mass is 274 g/mol. The van der Waals surface area contributed by atoms with Crippen LogP contribution in [0.15, 0.2) is 35.4 Å². The summed E-state index contributed by atoms with van der Waals surface area (Å²) in [6.45, 7) is 10.5. The summed E-state index contributed by atoms with van der Waals surface area (Å²) in [5, 5.41) is 17.3. The molecule has 3 heteroatoms. The van der Waals surface area contributed by atoms with Gasteiger partial charge in [-0.1, -0.05) is 30.3 Å². The van der Waals surface area contributed by atoms with Crippen LogP contribution in [0, 0.1) is 0 Å². The molecular formula is C17H26N2O. The first-order chi connectivity index (χ1) is 9.12. The number of hydrazone groups is 1. The van der Waals surface area contributed by atoms with Gasteiger partial charge < -0.3 is 5.11 Å². The van der Waals surface area contributed by atoms with Gasteiger partial charge in [-0.25, -0.2) is 0 Å². The number of nitrogens with zero attached hydrogens (tertiary/aromatic N) is 2. The Balaban J connectivity index is 2.27. The Labute approximate surface area is 122 Å². The van der Waals surface area contributed by atoms with Gasteiger partial charge in [0.15, 0.2) is 0 Å². The van der Waals surface area contributed by atoms with Crippen LogP contribution >= 0.6 is 0 Å². The first-order valence-corrected chi connectivity index (χ1v) is 7.24. The van der Waals surface area contributed by atoms with Gasteiger partial charge >= 0.3 is 0 Å². The van der Waals surface area contributed by atoms with Crippen LogP contribution in [-0.2, 0) is 0 Å². The van der Waals surface area contributed by atoms with Crippen molar-refractivity contribution in [2.75, 3.05) is 0 Å². The van der Waals surface area contributed by atoms with E-state index in [2.05, 4.69) is 32.7 Å². The molecule has 20 heavy (non-hydrogen) atoms. The van der Waals surface area contributed by atoms with Crippen molar-refractivity contribution in [2.24, 2.45) is 5.10 Å². The van der Waals surface area contributed by atoms with E-state index < -0.39 is 5.60 Å². The smallest absolute Gasteiger partial charge is 0.0665 e. The van der Waals surface area contributed by atoms with E-state index in [1.54, 1.807) is 0 Å². The second-order valence-electron chi connectivity index (χ2n) is 7.44. The molecule has 0 unspecified atom stereocenters. The van der Waals surface area contributed by atoms with E-state index >= 15 is 0 Å². The summed E-state index contributed by atoms with van der Waals surface area (Å²) in [7, 11) is 0. The lowest BCUT2D eigenvalue weighted by molar-refractivity contribution is -0.125. The molecule has 0 amide bonds. The van der Waals surface area contributed by atoms with E-state index in [0.29, 0.717) is 0 Å². The van der Waals surface area contributed by atoms with Crippen molar-refractivity contribution in [1.82, 2.24) is 5.01 Å². The van der Waals surface area contributed by atoms with Crippen molar-refractivity contribution in [2.45, 2.75) is 64.1 Å². The molecule has 1 aliphatic heterocycles. The first kappa shape index (κ1) is 15.0. The van der Waals surface area contributed by atoms with Gasteiger partial charge in [-0.05, 0) is 40.2 Å².